The van der Waals surface area contributed by atoms with E-state index < -0.39 is 0 Å². The first-order valence-corrected chi connectivity index (χ1v) is 5.37. The van der Waals surface area contributed by atoms with Gasteiger partial charge in [-0.05, 0) is 11.8 Å². The summed E-state index contributed by atoms with van der Waals surface area (Å²) in [6, 6.07) is 0. The van der Waals surface area contributed by atoms with Gasteiger partial charge in [0.1, 0.15) is 0 Å². The maximum absolute atomic E-state index is 2.25. The van der Waals surface area contributed by atoms with Gasteiger partial charge in [-0.2, -0.15) is 0 Å². The Bertz CT molecular complexity index is 158. The zero-order valence-corrected chi connectivity index (χ0v) is 11.0. The van der Waals surface area contributed by atoms with E-state index in [2.05, 4.69) is 65.7 Å². The summed E-state index contributed by atoms with van der Waals surface area (Å²) >= 11 is 0. The van der Waals surface area contributed by atoms with Crippen molar-refractivity contribution in [2.45, 2.75) is 27.7 Å². The fourth-order valence-corrected chi connectivity index (χ4v) is 2.08. The molecule has 0 aliphatic carbocycles. The van der Waals surface area contributed by atoms with Crippen molar-refractivity contribution in [3.05, 3.63) is 11.4 Å². The van der Waals surface area contributed by atoms with Crippen LogP contribution in [-0.2, 0) is 0 Å². The molecule has 0 fully saturated rings. The molecule has 0 atom stereocenters. The molecule has 0 aromatic heterocycles. The van der Waals surface area contributed by atoms with E-state index in [0.29, 0.717) is 11.8 Å². The Morgan fingerprint density at radius 2 is 0.857 bits per heavy atom. The fourth-order valence-electron chi connectivity index (χ4n) is 2.08. The van der Waals surface area contributed by atoms with Crippen LogP contribution in [0.25, 0.3) is 0 Å². The third kappa shape index (κ3) is 3.24. The van der Waals surface area contributed by atoms with Gasteiger partial charge in [0.15, 0.2) is 0 Å². The van der Waals surface area contributed by atoms with Crippen molar-refractivity contribution in [2.24, 2.45) is 11.8 Å². The summed E-state index contributed by atoms with van der Waals surface area (Å²) in [5.74, 6) is 1.15. The highest BCUT2D eigenvalue weighted by Gasteiger charge is 2.17. The molecule has 0 N–H and O–H groups in total. The van der Waals surface area contributed by atoms with Gasteiger partial charge < -0.3 is 9.80 Å². The van der Waals surface area contributed by atoms with Crippen molar-refractivity contribution in [1.82, 2.24) is 9.80 Å². The van der Waals surface area contributed by atoms with Crippen molar-refractivity contribution in [3.8, 4) is 0 Å². The number of allylic oxidation sites excluding steroid dienone is 2. The van der Waals surface area contributed by atoms with Crippen LogP contribution in [0.3, 0.4) is 0 Å². The van der Waals surface area contributed by atoms with E-state index in [4.69, 9.17) is 0 Å². The van der Waals surface area contributed by atoms with E-state index >= 15 is 0 Å². The van der Waals surface area contributed by atoms with Gasteiger partial charge in [-0.3, -0.25) is 0 Å². The highest BCUT2D eigenvalue weighted by atomic mass is 15.1. The van der Waals surface area contributed by atoms with E-state index in [1.165, 1.54) is 11.4 Å². The second kappa shape index (κ2) is 5.28. The molecule has 0 aromatic rings. The first kappa shape index (κ1) is 13.3. The fraction of sp³-hybridized carbons (Fsp3) is 0.833. The first-order chi connectivity index (χ1) is 6.29. The SMILES string of the molecule is CC(C)C(=C(C(C)C)N(C)C)N(C)C. The molecule has 0 unspecified atom stereocenters. The Hall–Kier alpha value is -0.660. The van der Waals surface area contributed by atoms with Gasteiger partial charge in [-0.15, -0.1) is 0 Å². The molecule has 0 aromatic carbocycles. The van der Waals surface area contributed by atoms with E-state index in [0.717, 1.165) is 0 Å². The van der Waals surface area contributed by atoms with Crippen molar-refractivity contribution >= 4 is 0 Å². The minimum Gasteiger partial charge on any atom is -0.379 e. The summed E-state index contributed by atoms with van der Waals surface area (Å²) in [7, 11) is 8.50. The molecule has 0 bridgehead atoms. The molecule has 84 valence electrons. The molecule has 0 amide bonds. The molecule has 0 aliphatic rings. The summed E-state index contributed by atoms with van der Waals surface area (Å²) in [5, 5.41) is 0. The second-order valence-corrected chi connectivity index (χ2v) is 4.87. The van der Waals surface area contributed by atoms with Gasteiger partial charge in [-0.25, -0.2) is 0 Å². The van der Waals surface area contributed by atoms with E-state index in [-0.39, 0.29) is 0 Å². The second-order valence-electron chi connectivity index (χ2n) is 4.87. The topological polar surface area (TPSA) is 6.48 Å². The Kier molecular flexibility index (Phi) is 5.03. The maximum atomic E-state index is 2.25. The molecular formula is C12H26N2. The quantitative estimate of drug-likeness (QED) is 0.685. The zero-order valence-electron chi connectivity index (χ0n) is 11.0. The lowest BCUT2D eigenvalue weighted by Crippen LogP contribution is -2.27. The van der Waals surface area contributed by atoms with Crippen LogP contribution >= 0.6 is 0 Å². The van der Waals surface area contributed by atoms with Crippen LogP contribution in [-0.4, -0.2) is 38.0 Å². The lowest BCUT2D eigenvalue weighted by molar-refractivity contribution is 0.364. The van der Waals surface area contributed by atoms with Crippen molar-refractivity contribution in [1.29, 1.82) is 0 Å². The molecule has 2 heteroatoms. The third-order valence-corrected chi connectivity index (χ3v) is 2.32. The van der Waals surface area contributed by atoms with Gasteiger partial charge >= 0.3 is 0 Å². The van der Waals surface area contributed by atoms with Crippen LogP contribution < -0.4 is 0 Å². The largest absolute Gasteiger partial charge is 0.379 e. The van der Waals surface area contributed by atoms with Crippen LogP contribution in [0.15, 0.2) is 11.4 Å². The van der Waals surface area contributed by atoms with Crippen molar-refractivity contribution in [2.75, 3.05) is 28.2 Å². The Labute approximate surface area is 89.6 Å². The minimum absolute atomic E-state index is 0.574. The van der Waals surface area contributed by atoms with Gasteiger partial charge in [0.05, 0.1) is 0 Å². The van der Waals surface area contributed by atoms with Gasteiger partial charge in [0.2, 0.25) is 0 Å². The molecule has 0 saturated heterocycles. The molecule has 0 aliphatic heterocycles. The van der Waals surface area contributed by atoms with Gasteiger partial charge in [0.25, 0.3) is 0 Å². The third-order valence-electron chi connectivity index (χ3n) is 2.32. The lowest BCUT2D eigenvalue weighted by atomic mass is 10.00. The molecule has 0 heterocycles. The van der Waals surface area contributed by atoms with Crippen LogP contribution in [0.2, 0.25) is 0 Å². The van der Waals surface area contributed by atoms with Crippen LogP contribution in [0, 0.1) is 11.8 Å². The van der Waals surface area contributed by atoms with Crippen LogP contribution in [0.5, 0.6) is 0 Å². The molecule has 14 heavy (non-hydrogen) atoms. The van der Waals surface area contributed by atoms with Crippen molar-refractivity contribution < 1.29 is 0 Å². The Morgan fingerprint density at radius 1 is 0.643 bits per heavy atom. The number of nitrogens with zero attached hydrogens (tertiary/aromatic N) is 2. The molecule has 2 nitrogen and oxygen atoms in total. The van der Waals surface area contributed by atoms with E-state index in [9.17, 15) is 0 Å². The molecule has 0 radical (unpaired) electrons. The number of hydrogen-bond acceptors (Lipinski definition) is 2. The van der Waals surface area contributed by atoms with Crippen molar-refractivity contribution in [3.63, 3.8) is 0 Å². The Morgan fingerprint density at radius 3 is 0.929 bits per heavy atom. The van der Waals surface area contributed by atoms with Crippen LogP contribution in [0.4, 0.5) is 0 Å². The highest BCUT2D eigenvalue weighted by molar-refractivity contribution is 5.15. The van der Waals surface area contributed by atoms with Gasteiger partial charge in [-0.1, -0.05) is 27.7 Å². The van der Waals surface area contributed by atoms with Gasteiger partial charge in [0, 0.05) is 39.6 Å². The molecule has 0 spiro atoms. The number of rotatable bonds is 4. The smallest absolute Gasteiger partial charge is 0.0350 e. The molecule has 0 saturated carbocycles. The highest BCUT2D eigenvalue weighted by Crippen LogP contribution is 2.24. The summed E-state index contributed by atoms with van der Waals surface area (Å²) in [4.78, 5) is 4.47. The Balaban J connectivity index is 5.27. The summed E-state index contributed by atoms with van der Waals surface area (Å²) in [5.41, 5.74) is 2.87. The summed E-state index contributed by atoms with van der Waals surface area (Å²) in [6.45, 7) is 9.00. The van der Waals surface area contributed by atoms with Crippen LogP contribution in [0.1, 0.15) is 27.7 Å². The average Bonchev–Trinajstić information content (AvgIpc) is 1.96. The lowest BCUT2D eigenvalue weighted by Gasteiger charge is -2.31. The maximum Gasteiger partial charge on any atom is 0.0350 e. The molecular weight excluding hydrogens is 172 g/mol. The molecule has 0 rings (SSSR count). The monoisotopic (exact) mass is 198 g/mol. The minimum atomic E-state index is 0.574. The van der Waals surface area contributed by atoms with E-state index in [1.807, 2.05) is 0 Å². The standard InChI is InChI=1S/C12H26N2/c1-9(2)11(13(5)6)12(10(3)4)14(7)8/h9-10H,1-8H3. The number of hydrogen-bond donors (Lipinski definition) is 0. The average molecular weight is 198 g/mol. The summed E-state index contributed by atoms with van der Waals surface area (Å²) < 4.78 is 0. The first-order valence-electron chi connectivity index (χ1n) is 5.37. The van der Waals surface area contributed by atoms with E-state index in [1.54, 1.807) is 0 Å². The predicted octanol–water partition coefficient (Wildman–Crippen LogP) is 2.63. The summed E-state index contributed by atoms with van der Waals surface area (Å²) in [6.07, 6.45) is 0. The predicted molar refractivity (Wildman–Crippen MR) is 64.1 cm³/mol. The normalized spacial score (nSPS) is 13.3. The zero-order chi connectivity index (χ0) is 11.5.